The van der Waals surface area contributed by atoms with Gasteiger partial charge in [0.25, 0.3) is 0 Å². The molecule has 0 saturated carbocycles. The minimum Gasteiger partial charge on any atom is -0.462 e. The van der Waals surface area contributed by atoms with Crippen LogP contribution in [0.4, 0.5) is 0 Å². The number of carbonyl (C=O) groups excluding carboxylic acids is 1. The van der Waals surface area contributed by atoms with Gasteiger partial charge in [0, 0.05) is 10.8 Å². The highest BCUT2D eigenvalue weighted by Crippen LogP contribution is 2.36. The van der Waals surface area contributed by atoms with Crippen molar-refractivity contribution in [3.63, 3.8) is 0 Å². The third-order valence-electron chi connectivity index (χ3n) is 2.61. The van der Waals surface area contributed by atoms with Crippen molar-refractivity contribution < 1.29 is 9.53 Å². The molecule has 0 amide bonds. The zero-order valence-corrected chi connectivity index (χ0v) is 11.9. The Labute approximate surface area is 116 Å². The largest absolute Gasteiger partial charge is 0.462 e. The van der Waals surface area contributed by atoms with Crippen LogP contribution in [0.5, 0.6) is 0 Å². The molecule has 0 aromatic heterocycles. The molecule has 3 nitrogen and oxygen atoms in total. The van der Waals surface area contributed by atoms with Crippen molar-refractivity contribution in [2.45, 2.75) is 31.4 Å². The van der Waals surface area contributed by atoms with Crippen molar-refractivity contribution in [2.24, 2.45) is 0 Å². The first-order chi connectivity index (χ1) is 8.58. The van der Waals surface area contributed by atoms with Crippen LogP contribution in [0.1, 0.15) is 24.8 Å². The summed E-state index contributed by atoms with van der Waals surface area (Å²) in [5.41, 5.74) is 1.02. The summed E-state index contributed by atoms with van der Waals surface area (Å²) >= 11 is 7.82. The molecule has 1 saturated heterocycles. The lowest BCUT2D eigenvalue weighted by Gasteiger charge is -2.15. The van der Waals surface area contributed by atoms with Crippen molar-refractivity contribution >= 4 is 29.3 Å². The number of halogens is 1. The second kappa shape index (κ2) is 5.95. The number of rotatable bonds is 3. The van der Waals surface area contributed by atoms with Gasteiger partial charge in [-0.15, -0.1) is 11.8 Å². The fourth-order valence-electron chi connectivity index (χ4n) is 1.79. The molecule has 0 aliphatic carbocycles. The van der Waals surface area contributed by atoms with E-state index in [0.29, 0.717) is 5.75 Å². The summed E-state index contributed by atoms with van der Waals surface area (Å²) in [6.07, 6.45) is -0.0799. The number of carbonyl (C=O) groups is 1. The van der Waals surface area contributed by atoms with E-state index >= 15 is 0 Å². The number of nitrogens with one attached hydrogen (secondary N) is 1. The van der Waals surface area contributed by atoms with Gasteiger partial charge in [-0.2, -0.15) is 0 Å². The van der Waals surface area contributed by atoms with E-state index in [9.17, 15) is 4.79 Å². The van der Waals surface area contributed by atoms with E-state index in [1.807, 2.05) is 38.1 Å². The molecule has 98 valence electrons. The van der Waals surface area contributed by atoms with E-state index in [2.05, 4.69) is 5.32 Å². The molecule has 5 heteroatoms. The van der Waals surface area contributed by atoms with Gasteiger partial charge in [0.2, 0.25) is 0 Å². The molecule has 2 rings (SSSR count). The lowest BCUT2D eigenvalue weighted by atomic mass is 10.2. The normalized spacial score (nSPS) is 23.3. The van der Waals surface area contributed by atoms with Crippen LogP contribution in [0.3, 0.4) is 0 Å². The average molecular weight is 286 g/mol. The quantitative estimate of drug-likeness (QED) is 0.867. The fourth-order valence-corrected chi connectivity index (χ4v) is 3.36. The molecule has 0 bridgehead atoms. The summed E-state index contributed by atoms with van der Waals surface area (Å²) in [6.45, 7) is 3.71. The molecule has 2 unspecified atom stereocenters. The van der Waals surface area contributed by atoms with Crippen LogP contribution in [0, 0.1) is 0 Å². The Morgan fingerprint density at radius 1 is 1.50 bits per heavy atom. The maximum Gasteiger partial charge on any atom is 0.324 e. The minimum absolute atomic E-state index is 0.0587. The second-order valence-corrected chi connectivity index (χ2v) is 5.99. The Morgan fingerprint density at radius 3 is 2.89 bits per heavy atom. The lowest BCUT2D eigenvalue weighted by molar-refractivity contribution is -0.149. The smallest absolute Gasteiger partial charge is 0.324 e. The summed E-state index contributed by atoms with van der Waals surface area (Å²) in [5.74, 6) is 0.522. The molecular formula is C13H16ClNO2S. The molecule has 1 aliphatic heterocycles. The standard InChI is InChI=1S/C13H16ClNO2S/c1-8(2)17-13(16)11-7-18-12(15-11)9-5-3-4-6-10(9)14/h3-6,8,11-12,15H,7H2,1-2H3. The maximum atomic E-state index is 11.8. The summed E-state index contributed by atoms with van der Waals surface area (Å²) in [6, 6.07) is 7.43. The van der Waals surface area contributed by atoms with Crippen LogP contribution in [0.15, 0.2) is 24.3 Å². The third kappa shape index (κ3) is 3.19. The number of hydrogen-bond donors (Lipinski definition) is 1. The van der Waals surface area contributed by atoms with Crippen molar-refractivity contribution in [2.75, 3.05) is 5.75 Å². The Bertz CT molecular complexity index is 439. The van der Waals surface area contributed by atoms with Gasteiger partial charge >= 0.3 is 5.97 Å². The first-order valence-corrected chi connectivity index (χ1v) is 7.33. The van der Waals surface area contributed by atoms with Crippen LogP contribution in [-0.4, -0.2) is 23.9 Å². The van der Waals surface area contributed by atoms with Gasteiger partial charge in [0.1, 0.15) is 6.04 Å². The van der Waals surface area contributed by atoms with E-state index in [0.717, 1.165) is 10.6 Å². The molecule has 0 radical (unpaired) electrons. The van der Waals surface area contributed by atoms with Crippen molar-refractivity contribution in [3.8, 4) is 0 Å². The van der Waals surface area contributed by atoms with Crippen LogP contribution in [-0.2, 0) is 9.53 Å². The molecule has 1 aromatic rings. The molecule has 1 aliphatic rings. The maximum absolute atomic E-state index is 11.8. The van der Waals surface area contributed by atoms with Crippen LogP contribution < -0.4 is 5.32 Å². The van der Waals surface area contributed by atoms with Crippen LogP contribution in [0.2, 0.25) is 5.02 Å². The van der Waals surface area contributed by atoms with Crippen molar-refractivity contribution in [1.82, 2.24) is 5.32 Å². The molecular weight excluding hydrogens is 270 g/mol. The Morgan fingerprint density at radius 2 is 2.22 bits per heavy atom. The van der Waals surface area contributed by atoms with E-state index in [1.54, 1.807) is 11.8 Å². The summed E-state index contributed by atoms with van der Waals surface area (Å²) < 4.78 is 5.20. The van der Waals surface area contributed by atoms with Gasteiger partial charge in [0.15, 0.2) is 0 Å². The Balaban J connectivity index is 2.01. The van der Waals surface area contributed by atoms with E-state index in [4.69, 9.17) is 16.3 Å². The lowest BCUT2D eigenvalue weighted by Crippen LogP contribution is -2.36. The van der Waals surface area contributed by atoms with E-state index in [1.165, 1.54) is 0 Å². The van der Waals surface area contributed by atoms with Gasteiger partial charge in [-0.05, 0) is 25.5 Å². The van der Waals surface area contributed by atoms with Gasteiger partial charge in [0.05, 0.1) is 11.5 Å². The molecule has 18 heavy (non-hydrogen) atoms. The molecule has 0 spiro atoms. The molecule has 1 N–H and O–H groups in total. The van der Waals surface area contributed by atoms with Crippen LogP contribution in [0.25, 0.3) is 0 Å². The second-order valence-electron chi connectivity index (χ2n) is 4.44. The van der Waals surface area contributed by atoms with E-state index in [-0.39, 0.29) is 23.5 Å². The van der Waals surface area contributed by atoms with Gasteiger partial charge in [-0.1, -0.05) is 29.8 Å². The number of esters is 1. The summed E-state index contributed by atoms with van der Waals surface area (Å²) in [5, 5.41) is 4.04. The molecule has 2 atom stereocenters. The highest BCUT2D eigenvalue weighted by atomic mass is 35.5. The van der Waals surface area contributed by atoms with Crippen molar-refractivity contribution in [3.05, 3.63) is 34.9 Å². The topological polar surface area (TPSA) is 38.3 Å². The minimum atomic E-state index is -0.251. The highest BCUT2D eigenvalue weighted by molar-refractivity contribution is 7.99. The third-order valence-corrected chi connectivity index (χ3v) is 4.20. The Hall–Kier alpha value is -0.710. The van der Waals surface area contributed by atoms with Gasteiger partial charge < -0.3 is 4.74 Å². The van der Waals surface area contributed by atoms with E-state index < -0.39 is 0 Å². The molecule has 1 fully saturated rings. The SMILES string of the molecule is CC(C)OC(=O)C1CSC(c2ccccc2Cl)N1. The van der Waals surface area contributed by atoms with Crippen molar-refractivity contribution in [1.29, 1.82) is 0 Å². The summed E-state index contributed by atoms with van der Waals surface area (Å²) in [4.78, 5) is 11.8. The van der Waals surface area contributed by atoms with Crippen LogP contribution >= 0.6 is 23.4 Å². The highest BCUT2D eigenvalue weighted by Gasteiger charge is 2.32. The first-order valence-electron chi connectivity index (χ1n) is 5.90. The van der Waals surface area contributed by atoms with Gasteiger partial charge in [-0.25, -0.2) is 0 Å². The Kier molecular flexibility index (Phi) is 4.54. The number of hydrogen-bond acceptors (Lipinski definition) is 4. The average Bonchev–Trinajstić information content (AvgIpc) is 2.78. The number of benzene rings is 1. The number of thioether (sulfide) groups is 1. The zero-order valence-electron chi connectivity index (χ0n) is 10.4. The monoisotopic (exact) mass is 285 g/mol. The fraction of sp³-hybridized carbons (Fsp3) is 0.462. The zero-order chi connectivity index (χ0) is 13.1. The summed E-state index contributed by atoms with van der Waals surface area (Å²) in [7, 11) is 0. The molecule has 1 aromatic carbocycles. The predicted octanol–water partition coefficient (Wildman–Crippen LogP) is 3.00. The predicted molar refractivity (Wildman–Crippen MR) is 74.8 cm³/mol. The first kappa shape index (κ1) is 13.7. The number of ether oxygens (including phenoxy) is 1. The van der Waals surface area contributed by atoms with Gasteiger partial charge in [-0.3, -0.25) is 10.1 Å². The molecule has 1 heterocycles.